The molecule has 0 saturated heterocycles. The van der Waals surface area contributed by atoms with Crippen molar-refractivity contribution in [2.75, 3.05) is 6.61 Å². The Bertz CT molecular complexity index is 443. The molecule has 1 aromatic rings. The number of rotatable bonds is 5. The van der Waals surface area contributed by atoms with Crippen molar-refractivity contribution in [1.82, 2.24) is 10.3 Å². The van der Waals surface area contributed by atoms with Crippen LogP contribution in [0.4, 0.5) is 0 Å². The van der Waals surface area contributed by atoms with Crippen molar-refractivity contribution in [3.05, 3.63) is 22.2 Å². The number of aliphatic hydroxyl groups is 1. The van der Waals surface area contributed by atoms with Gasteiger partial charge in [-0.2, -0.15) is 0 Å². The molecule has 0 bridgehead atoms. The molecule has 5 heteroatoms. The van der Waals surface area contributed by atoms with Crippen molar-refractivity contribution >= 4 is 23.3 Å². The molecule has 2 N–H and O–H groups in total. The van der Waals surface area contributed by atoms with Gasteiger partial charge in [-0.15, -0.1) is 11.3 Å². The van der Waals surface area contributed by atoms with Gasteiger partial charge in [-0.05, 0) is 12.5 Å². The second-order valence-corrected chi connectivity index (χ2v) is 6.51. The fourth-order valence-electron chi connectivity index (χ4n) is 1.39. The summed E-state index contributed by atoms with van der Waals surface area (Å²) in [6.07, 6.45) is 5.73. The highest BCUT2D eigenvalue weighted by molar-refractivity contribution is 7.12. The minimum absolute atomic E-state index is 0.0310. The lowest BCUT2D eigenvalue weighted by atomic mass is 9.98. The summed E-state index contributed by atoms with van der Waals surface area (Å²) < 4.78 is 0. The predicted octanol–water partition coefficient (Wildman–Crippen LogP) is 2.34. The first kappa shape index (κ1) is 15.9. The van der Waals surface area contributed by atoms with Crippen molar-refractivity contribution in [2.45, 2.75) is 45.6 Å². The Kier molecular flexibility index (Phi) is 5.69. The second-order valence-electron chi connectivity index (χ2n) is 5.45. The van der Waals surface area contributed by atoms with Crippen LogP contribution in [0.15, 0.2) is 12.3 Å². The summed E-state index contributed by atoms with van der Waals surface area (Å²) in [4.78, 5) is 16.9. The number of hydrogen-bond donors (Lipinski definition) is 2. The van der Waals surface area contributed by atoms with E-state index in [0.29, 0.717) is 6.42 Å². The lowest BCUT2D eigenvalue weighted by Gasteiger charge is -2.13. The Morgan fingerprint density at radius 3 is 2.74 bits per heavy atom. The monoisotopic (exact) mass is 282 g/mol. The predicted molar refractivity (Wildman–Crippen MR) is 79.2 cm³/mol. The van der Waals surface area contributed by atoms with Crippen LogP contribution in [-0.2, 0) is 10.2 Å². The van der Waals surface area contributed by atoms with Crippen LogP contribution in [0.3, 0.4) is 0 Å². The van der Waals surface area contributed by atoms with Crippen molar-refractivity contribution < 1.29 is 9.90 Å². The van der Waals surface area contributed by atoms with E-state index in [2.05, 4.69) is 31.1 Å². The zero-order valence-corrected chi connectivity index (χ0v) is 12.8. The van der Waals surface area contributed by atoms with E-state index < -0.39 is 0 Å². The molecule has 4 nitrogen and oxygen atoms in total. The minimum Gasteiger partial charge on any atom is -0.394 e. The molecule has 0 aliphatic heterocycles. The Morgan fingerprint density at radius 1 is 1.58 bits per heavy atom. The molecule has 0 fully saturated rings. The lowest BCUT2D eigenvalue weighted by Crippen LogP contribution is -2.35. The molecule has 19 heavy (non-hydrogen) atoms. The number of aromatic nitrogens is 1. The number of thiazole rings is 1. The molecule has 1 heterocycles. The Hall–Kier alpha value is -1.20. The summed E-state index contributed by atoms with van der Waals surface area (Å²) in [6, 6.07) is -0.177. The molecule has 106 valence electrons. The summed E-state index contributed by atoms with van der Waals surface area (Å²) in [5.41, 5.74) is 0.0310. The van der Waals surface area contributed by atoms with Gasteiger partial charge in [0.05, 0.1) is 17.7 Å². The smallest absolute Gasteiger partial charge is 0.244 e. The molecule has 0 spiro atoms. The molecule has 1 aromatic heterocycles. The van der Waals surface area contributed by atoms with Crippen molar-refractivity contribution in [3.63, 3.8) is 0 Å². The summed E-state index contributed by atoms with van der Waals surface area (Å²) in [5, 5.41) is 12.8. The number of nitrogens with zero attached hydrogens (tertiary/aromatic N) is 1. The second kappa shape index (κ2) is 6.82. The summed E-state index contributed by atoms with van der Waals surface area (Å²) >= 11 is 1.58. The van der Waals surface area contributed by atoms with E-state index in [1.54, 1.807) is 23.6 Å². The van der Waals surface area contributed by atoms with Crippen LogP contribution in [0.25, 0.3) is 6.08 Å². The first-order valence-corrected chi connectivity index (χ1v) is 7.24. The van der Waals surface area contributed by atoms with Crippen LogP contribution < -0.4 is 5.32 Å². The minimum atomic E-state index is -0.188. The highest BCUT2D eigenvalue weighted by Crippen LogP contribution is 2.27. The molecule has 0 aromatic carbocycles. The third kappa shape index (κ3) is 5.12. The van der Waals surface area contributed by atoms with Gasteiger partial charge in [-0.1, -0.05) is 27.7 Å². The molecule has 0 aliphatic carbocycles. The van der Waals surface area contributed by atoms with E-state index in [1.165, 1.54) is 6.08 Å². The third-order valence-electron chi connectivity index (χ3n) is 2.62. The average Bonchev–Trinajstić information content (AvgIpc) is 2.82. The Labute approximate surface area is 118 Å². The van der Waals surface area contributed by atoms with Gasteiger partial charge in [0.2, 0.25) is 5.91 Å². The van der Waals surface area contributed by atoms with E-state index in [1.807, 2.05) is 6.92 Å². The van der Waals surface area contributed by atoms with Gasteiger partial charge >= 0.3 is 0 Å². The summed E-state index contributed by atoms with van der Waals surface area (Å²) in [6.45, 7) is 8.21. The number of nitrogens with one attached hydrogen (secondary N) is 1. The fraction of sp³-hybridized carbons (Fsp3) is 0.571. The van der Waals surface area contributed by atoms with Gasteiger partial charge in [0.25, 0.3) is 0 Å². The lowest BCUT2D eigenvalue weighted by molar-refractivity contribution is -0.117. The SMILES string of the molecule is CCC(CO)NC(=O)/C=C/c1cnc(C(C)(C)C)s1. The number of aliphatic hydroxyl groups excluding tert-OH is 1. The average molecular weight is 282 g/mol. The zero-order chi connectivity index (χ0) is 14.5. The van der Waals surface area contributed by atoms with E-state index in [0.717, 1.165) is 9.88 Å². The molecule has 0 radical (unpaired) electrons. The molecular formula is C14H22N2O2S. The molecular weight excluding hydrogens is 260 g/mol. The van der Waals surface area contributed by atoms with Crippen LogP contribution in [0.1, 0.15) is 44.0 Å². The van der Waals surface area contributed by atoms with Gasteiger partial charge in [0, 0.05) is 22.6 Å². The quantitative estimate of drug-likeness (QED) is 0.815. The van der Waals surface area contributed by atoms with E-state index in [-0.39, 0.29) is 24.0 Å². The van der Waals surface area contributed by atoms with Crippen molar-refractivity contribution in [2.24, 2.45) is 0 Å². The standard InChI is InChI=1S/C14H22N2O2S/c1-5-10(9-17)16-12(18)7-6-11-8-15-13(19-11)14(2,3)4/h6-8,10,17H,5,9H2,1-4H3,(H,16,18)/b7-6+. The van der Waals surface area contributed by atoms with Crippen LogP contribution >= 0.6 is 11.3 Å². The maximum absolute atomic E-state index is 11.6. The van der Waals surface area contributed by atoms with Crippen LogP contribution in [0.5, 0.6) is 0 Å². The number of carbonyl (C=O) groups is 1. The van der Waals surface area contributed by atoms with Gasteiger partial charge in [0.1, 0.15) is 0 Å². The molecule has 0 aliphatic rings. The van der Waals surface area contributed by atoms with Crippen molar-refractivity contribution in [1.29, 1.82) is 0 Å². The zero-order valence-electron chi connectivity index (χ0n) is 11.9. The number of amides is 1. The van der Waals surface area contributed by atoms with E-state index in [9.17, 15) is 4.79 Å². The normalized spacial score (nSPS) is 13.7. The molecule has 1 atom stereocenters. The van der Waals surface area contributed by atoms with Crippen LogP contribution in [0.2, 0.25) is 0 Å². The molecule has 1 amide bonds. The van der Waals surface area contributed by atoms with Gasteiger partial charge in [-0.3, -0.25) is 4.79 Å². The van der Waals surface area contributed by atoms with E-state index in [4.69, 9.17) is 5.11 Å². The Morgan fingerprint density at radius 2 is 2.26 bits per heavy atom. The largest absolute Gasteiger partial charge is 0.394 e. The van der Waals surface area contributed by atoms with Gasteiger partial charge < -0.3 is 10.4 Å². The number of carbonyl (C=O) groups excluding carboxylic acids is 1. The van der Waals surface area contributed by atoms with Crippen LogP contribution in [-0.4, -0.2) is 28.6 Å². The summed E-state index contributed by atoms with van der Waals surface area (Å²) in [7, 11) is 0. The molecule has 1 rings (SSSR count). The first-order valence-electron chi connectivity index (χ1n) is 6.42. The van der Waals surface area contributed by atoms with Crippen molar-refractivity contribution in [3.8, 4) is 0 Å². The molecule has 0 saturated carbocycles. The Balaban J connectivity index is 2.62. The van der Waals surface area contributed by atoms with Crippen LogP contribution in [0, 0.1) is 0 Å². The van der Waals surface area contributed by atoms with E-state index >= 15 is 0 Å². The highest BCUT2D eigenvalue weighted by atomic mass is 32.1. The first-order chi connectivity index (χ1) is 8.86. The number of hydrogen-bond acceptors (Lipinski definition) is 4. The highest BCUT2D eigenvalue weighted by Gasteiger charge is 2.17. The maximum atomic E-state index is 11.6. The maximum Gasteiger partial charge on any atom is 0.244 e. The topological polar surface area (TPSA) is 62.2 Å². The fourth-order valence-corrected chi connectivity index (χ4v) is 2.27. The molecule has 1 unspecified atom stereocenters. The van der Waals surface area contributed by atoms with Gasteiger partial charge in [0.15, 0.2) is 0 Å². The summed E-state index contributed by atoms with van der Waals surface area (Å²) in [5.74, 6) is -0.188. The van der Waals surface area contributed by atoms with Gasteiger partial charge in [-0.25, -0.2) is 4.98 Å². The third-order valence-corrected chi connectivity index (χ3v) is 4.01.